The van der Waals surface area contributed by atoms with Crippen molar-refractivity contribution in [2.45, 2.75) is 6.92 Å². The zero-order valence-electron chi connectivity index (χ0n) is 10.6. The lowest BCUT2D eigenvalue weighted by Crippen LogP contribution is -2.16. The number of carbonyl (C=O) groups excluding carboxylic acids is 1. The highest BCUT2D eigenvalue weighted by Crippen LogP contribution is 2.26. The summed E-state index contributed by atoms with van der Waals surface area (Å²) in [5, 5.41) is 20.1. The fourth-order valence-electron chi connectivity index (χ4n) is 1.52. The molecule has 1 heterocycles. The zero-order chi connectivity index (χ0) is 15.6. The standard InChI is InChI=1S/C10H9FN6O4/c1-4-15-16-10(21-4)13-9(18)5-2-7(14-12)6(11)3-8(5)17(19)20/h2-3,14H,12H2,1H3,(H,13,16,18). The minimum Gasteiger partial charge on any atom is -0.408 e. The number of carbonyl (C=O) groups is 1. The first-order valence-electron chi connectivity index (χ1n) is 5.48. The van der Waals surface area contributed by atoms with Gasteiger partial charge in [-0.2, -0.15) is 0 Å². The Kier molecular flexibility index (Phi) is 3.75. The first kappa shape index (κ1) is 14.3. The van der Waals surface area contributed by atoms with Crippen molar-refractivity contribution in [1.82, 2.24) is 10.2 Å². The first-order valence-corrected chi connectivity index (χ1v) is 5.48. The number of aromatic nitrogens is 2. The second-order valence-electron chi connectivity index (χ2n) is 3.83. The number of anilines is 2. The molecule has 0 saturated heterocycles. The highest BCUT2D eigenvalue weighted by atomic mass is 19.1. The molecular formula is C10H9FN6O4. The number of nitrogen functional groups attached to an aromatic ring is 1. The van der Waals surface area contributed by atoms with E-state index in [2.05, 4.69) is 15.5 Å². The van der Waals surface area contributed by atoms with Gasteiger partial charge in [0, 0.05) is 6.92 Å². The molecule has 0 unspecified atom stereocenters. The predicted molar refractivity (Wildman–Crippen MR) is 67.9 cm³/mol. The minimum absolute atomic E-state index is 0.197. The number of nitrogens with zero attached hydrogens (tertiary/aromatic N) is 3. The Hall–Kier alpha value is -3.08. The molecule has 0 fully saturated rings. The molecule has 0 aliphatic rings. The molecule has 110 valence electrons. The molecule has 1 aromatic carbocycles. The van der Waals surface area contributed by atoms with E-state index in [9.17, 15) is 19.3 Å². The van der Waals surface area contributed by atoms with Crippen molar-refractivity contribution in [3.8, 4) is 0 Å². The van der Waals surface area contributed by atoms with Gasteiger partial charge in [-0.1, -0.05) is 5.10 Å². The van der Waals surface area contributed by atoms with Crippen LogP contribution in [0.5, 0.6) is 0 Å². The van der Waals surface area contributed by atoms with Gasteiger partial charge in [0.25, 0.3) is 11.6 Å². The zero-order valence-corrected chi connectivity index (χ0v) is 10.6. The van der Waals surface area contributed by atoms with Crippen molar-refractivity contribution in [1.29, 1.82) is 0 Å². The maximum atomic E-state index is 13.5. The van der Waals surface area contributed by atoms with E-state index in [0.717, 1.165) is 6.07 Å². The first-order chi connectivity index (χ1) is 9.92. The molecule has 10 nitrogen and oxygen atoms in total. The molecule has 0 aliphatic carbocycles. The Balaban J connectivity index is 2.40. The van der Waals surface area contributed by atoms with E-state index in [1.807, 2.05) is 5.43 Å². The molecule has 0 radical (unpaired) electrons. The van der Waals surface area contributed by atoms with Gasteiger partial charge in [-0.05, 0) is 6.07 Å². The van der Waals surface area contributed by atoms with Crippen LogP contribution in [-0.4, -0.2) is 21.0 Å². The van der Waals surface area contributed by atoms with Crippen LogP contribution in [0.15, 0.2) is 16.5 Å². The summed E-state index contributed by atoms with van der Waals surface area (Å²) in [5.74, 6) is 3.39. The van der Waals surface area contributed by atoms with Gasteiger partial charge in [-0.15, -0.1) is 5.10 Å². The van der Waals surface area contributed by atoms with Crippen LogP contribution in [-0.2, 0) is 0 Å². The van der Waals surface area contributed by atoms with Gasteiger partial charge in [-0.25, -0.2) is 4.39 Å². The summed E-state index contributed by atoms with van der Waals surface area (Å²) in [4.78, 5) is 22.0. The Labute approximate surface area is 116 Å². The number of benzene rings is 1. The van der Waals surface area contributed by atoms with E-state index in [1.165, 1.54) is 6.92 Å². The van der Waals surface area contributed by atoms with Crippen LogP contribution in [0.2, 0.25) is 0 Å². The normalized spacial score (nSPS) is 10.2. The summed E-state index contributed by atoms with van der Waals surface area (Å²) >= 11 is 0. The fourth-order valence-corrected chi connectivity index (χ4v) is 1.52. The van der Waals surface area contributed by atoms with Crippen LogP contribution in [0.4, 0.5) is 21.8 Å². The monoisotopic (exact) mass is 296 g/mol. The number of nitro groups is 1. The van der Waals surface area contributed by atoms with Gasteiger partial charge < -0.3 is 9.84 Å². The molecule has 0 saturated carbocycles. The largest absolute Gasteiger partial charge is 0.408 e. The maximum absolute atomic E-state index is 13.5. The summed E-state index contributed by atoms with van der Waals surface area (Å²) in [6, 6.07) is 1.26. The molecule has 21 heavy (non-hydrogen) atoms. The van der Waals surface area contributed by atoms with Gasteiger partial charge in [0.15, 0.2) is 5.82 Å². The molecule has 0 bridgehead atoms. The second-order valence-corrected chi connectivity index (χ2v) is 3.83. The fraction of sp³-hybridized carbons (Fsp3) is 0.100. The number of hydrogen-bond acceptors (Lipinski definition) is 8. The van der Waals surface area contributed by atoms with Crippen LogP contribution in [0.1, 0.15) is 16.2 Å². The molecule has 0 spiro atoms. The Bertz CT molecular complexity index is 716. The van der Waals surface area contributed by atoms with Crippen molar-refractivity contribution in [3.05, 3.63) is 39.5 Å². The number of rotatable bonds is 4. The molecule has 1 aromatic heterocycles. The van der Waals surface area contributed by atoms with Crippen LogP contribution in [0.25, 0.3) is 0 Å². The summed E-state index contributed by atoms with van der Waals surface area (Å²) in [6.45, 7) is 1.50. The average Bonchev–Trinajstić information content (AvgIpc) is 2.83. The third-order valence-electron chi connectivity index (χ3n) is 2.43. The van der Waals surface area contributed by atoms with E-state index in [4.69, 9.17) is 10.3 Å². The summed E-state index contributed by atoms with van der Waals surface area (Å²) < 4.78 is 18.4. The Morgan fingerprint density at radius 3 is 2.71 bits per heavy atom. The molecule has 0 aliphatic heterocycles. The lowest BCUT2D eigenvalue weighted by Gasteiger charge is -2.06. The molecule has 0 atom stereocenters. The van der Waals surface area contributed by atoms with Crippen molar-refractivity contribution < 1.29 is 18.5 Å². The van der Waals surface area contributed by atoms with E-state index in [-0.39, 0.29) is 17.6 Å². The van der Waals surface area contributed by atoms with Crippen molar-refractivity contribution in [3.63, 3.8) is 0 Å². The summed E-state index contributed by atoms with van der Waals surface area (Å²) in [6.07, 6.45) is 0. The van der Waals surface area contributed by atoms with E-state index in [1.54, 1.807) is 0 Å². The topological polar surface area (TPSA) is 149 Å². The van der Waals surface area contributed by atoms with E-state index >= 15 is 0 Å². The van der Waals surface area contributed by atoms with Crippen LogP contribution in [0.3, 0.4) is 0 Å². The molecule has 2 rings (SSSR count). The third kappa shape index (κ3) is 2.92. The number of halogens is 1. The third-order valence-corrected chi connectivity index (χ3v) is 2.43. The lowest BCUT2D eigenvalue weighted by molar-refractivity contribution is -0.385. The number of aryl methyl sites for hydroxylation is 1. The Morgan fingerprint density at radius 1 is 1.48 bits per heavy atom. The van der Waals surface area contributed by atoms with Crippen LogP contribution in [0, 0.1) is 22.9 Å². The van der Waals surface area contributed by atoms with Gasteiger partial charge >= 0.3 is 6.01 Å². The highest BCUT2D eigenvalue weighted by molar-refractivity contribution is 6.06. The van der Waals surface area contributed by atoms with Gasteiger partial charge in [0.2, 0.25) is 5.89 Å². The van der Waals surface area contributed by atoms with Crippen molar-refractivity contribution >= 4 is 23.3 Å². The number of hydrogen-bond donors (Lipinski definition) is 3. The van der Waals surface area contributed by atoms with Crippen molar-refractivity contribution in [2.24, 2.45) is 5.84 Å². The van der Waals surface area contributed by atoms with Crippen LogP contribution < -0.4 is 16.6 Å². The van der Waals surface area contributed by atoms with E-state index < -0.39 is 27.9 Å². The number of amides is 1. The average molecular weight is 296 g/mol. The van der Waals surface area contributed by atoms with Crippen molar-refractivity contribution in [2.75, 3.05) is 10.7 Å². The number of nitrogens with one attached hydrogen (secondary N) is 2. The number of hydrazine groups is 1. The second kappa shape index (κ2) is 5.50. The maximum Gasteiger partial charge on any atom is 0.322 e. The number of nitrogens with two attached hydrogens (primary N) is 1. The SMILES string of the molecule is Cc1nnc(NC(=O)c2cc(NN)c(F)cc2[N+](=O)[O-])o1. The highest BCUT2D eigenvalue weighted by Gasteiger charge is 2.24. The molecule has 2 aromatic rings. The van der Waals surface area contributed by atoms with Gasteiger partial charge in [0.05, 0.1) is 16.7 Å². The van der Waals surface area contributed by atoms with Gasteiger partial charge in [0.1, 0.15) is 5.56 Å². The lowest BCUT2D eigenvalue weighted by atomic mass is 10.1. The van der Waals surface area contributed by atoms with Crippen LogP contribution >= 0.6 is 0 Å². The summed E-state index contributed by atoms with van der Waals surface area (Å²) in [5.41, 5.74) is 0.591. The predicted octanol–water partition coefficient (Wildman–Crippen LogP) is 0.963. The quantitative estimate of drug-likeness (QED) is 0.429. The smallest absolute Gasteiger partial charge is 0.322 e. The Morgan fingerprint density at radius 2 is 2.19 bits per heavy atom. The molecule has 4 N–H and O–H groups in total. The van der Waals surface area contributed by atoms with E-state index in [0.29, 0.717) is 6.07 Å². The molecule has 1 amide bonds. The molecule has 11 heteroatoms. The minimum atomic E-state index is -0.964. The molecular weight excluding hydrogens is 287 g/mol. The summed E-state index contributed by atoms with van der Waals surface area (Å²) in [7, 11) is 0. The number of nitro benzene ring substituents is 1. The van der Waals surface area contributed by atoms with Gasteiger partial charge in [-0.3, -0.25) is 26.1 Å².